The average molecular weight is 344 g/mol. The molecule has 8 nitrogen and oxygen atoms in total. The summed E-state index contributed by atoms with van der Waals surface area (Å²) in [5, 5.41) is 14.6. The van der Waals surface area contributed by atoms with E-state index in [1.54, 1.807) is 17.0 Å². The Morgan fingerprint density at radius 1 is 1.36 bits per heavy atom. The molecule has 1 aliphatic heterocycles. The lowest BCUT2D eigenvalue weighted by atomic mass is 9.96. The molecule has 130 valence electrons. The number of amides is 1. The highest BCUT2D eigenvalue weighted by atomic mass is 19.1. The van der Waals surface area contributed by atoms with Crippen LogP contribution >= 0.6 is 0 Å². The molecule has 3 heterocycles. The molecule has 1 aliphatic rings. The number of rotatable bonds is 3. The van der Waals surface area contributed by atoms with Crippen LogP contribution in [0.4, 0.5) is 4.39 Å². The number of aromatic amines is 2. The second-order valence-electron chi connectivity index (χ2n) is 6.06. The minimum Gasteiger partial charge on any atom is -0.496 e. The first-order chi connectivity index (χ1) is 12.2. The third-order valence-corrected chi connectivity index (χ3v) is 4.66. The minimum absolute atomic E-state index is 0.149. The van der Waals surface area contributed by atoms with Gasteiger partial charge in [0.2, 0.25) is 0 Å². The molecule has 2 N–H and O–H groups in total. The molecular formula is C16H17FN6O2. The minimum atomic E-state index is -0.411. The van der Waals surface area contributed by atoms with Crippen molar-refractivity contribution >= 4 is 16.8 Å². The monoisotopic (exact) mass is 344 g/mol. The number of aromatic nitrogens is 5. The van der Waals surface area contributed by atoms with E-state index in [1.165, 1.54) is 13.2 Å². The van der Waals surface area contributed by atoms with Gasteiger partial charge in [0.1, 0.15) is 17.3 Å². The van der Waals surface area contributed by atoms with Crippen LogP contribution in [0.15, 0.2) is 18.2 Å². The predicted molar refractivity (Wildman–Crippen MR) is 86.9 cm³/mol. The van der Waals surface area contributed by atoms with Crippen LogP contribution in [-0.4, -0.2) is 56.6 Å². The summed E-state index contributed by atoms with van der Waals surface area (Å²) < 4.78 is 19.2. The smallest absolute Gasteiger partial charge is 0.270 e. The number of nitrogens with zero attached hydrogens (tertiary/aromatic N) is 4. The largest absolute Gasteiger partial charge is 0.496 e. The number of carbonyl (C=O) groups excluding carboxylic acids is 1. The lowest BCUT2D eigenvalue weighted by molar-refractivity contribution is 0.0706. The molecule has 4 rings (SSSR count). The maximum absolute atomic E-state index is 14.0. The van der Waals surface area contributed by atoms with E-state index in [9.17, 15) is 9.18 Å². The number of halogens is 1. The van der Waals surface area contributed by atoms with E-state index in [0.717, 1.165) is 12.8 Å². The van der Waals surface area contributed by atoms with E-state index >= 15 is 0 Å². The molecule has 1 aromatic carbocycles. The van der Waals surface area contributed by atoms with Crippen molar-refractivity contribution in [2.24, 2.45) is 0 Å². The van der Waals surface area contributed by atoms with Crippen LogP contribution in [-0.2, 0) is 0 Å². The van der Waals surface area contributed by atoms with E-state index in [2.05, 4.69) is 25.6 Å². The Morgan fingerprint density at radius 2 is 2.16 bits per heavy atom. The number of ether oxygens (including phenoxy) is 1. The van der Waals surface area contributed by atoms with E-state index in [0.29, 0.717) is 35.7 Å². The number of likely N-dealkylation sites (tertiary alicyclic amines) is 1. The van der Waals surface area contributed by atoms with Gasteiger partial charge in [-0.05, 0) is 31.0 Å². The van der Waals surface area contributed by atoms with Gasteiger partial charge < -0.3 is 14.6 Å². The third-order valence-electron chi connectivity index (χ3n) is 4.66. The van der Waals surface area contributed by atoms with Gasteiger partial charge in [-0.15, -0.1) is 10.2 Å². The molecule has 3 aromatic rings. The van der Waals surface area contributed by atoms with Crippen LogP contribution in [0, 0.1) is 5.82 Å². The maximum Gasteiger partial charge on any atom is 0.270 e. The standard InChI is InChI=1S/C16H17FN6O2/c1-25-13-3-2-11(17)14-10(13)8-12(18-14)16(24)23-6-4-9(5-7-23)15-19-21-22-20-15/h2-3,8-9,18H,4-7H2,1H3,(H,19,20,21,22). The van der Waals surface area contributed by atoms with Crippen molar-refractivity contribution in [3.8, 4) is 5.75 Å². The van der Waals surface area contributed by atoms with Gasteiger partial charge in [0.05, 0.1) is 12.6 Å². The van der Waals surface area contributed by atoms with Crippen LogP contribution < -0.4 is 4.74 Å². The number of benzene rings is 1. The quantitative estimate of drug-likeness (QED) is 0.755. The Hall–Kier alpha value is -2.97. The summed E-state index contributed by atoms with van der Waals surface area (Å²) >= 11 is 0. The van der Waals surface area contributed by atoms with Crippen molar-refractivity contribution in [3.63, 3.8) is 0 Å². The number of tetrazole rings is 1. The Morgan fingerprint density at radius 3 is 2.84 bits per heavy atom. The van der Waals surface area contributed by atoms with Gasteiger partial charge in [-0.3, -0.25) is 4.79 Å². The normalized spacial score (nSPS) is 15.7. The van der Waals surface area contributed by atoms with Crippen molar-refractivity contribution in [1.29, 1.82) is 0 Å². The topological polar surface area (TPSA) is 99.8 Å². The first-order valence-electron chi connectivity index (χ1n) is 8.05. The molecule has 0 radical (unpaired) electrons. The number of methoxy groups -OCH3 is 1. The third kappa shape index (κ3) is 2.71. The number of hydrogen-bond acceptors (Lipinski definition) is 5. The predicted octanol–water partition coefficient (Wildman–Crippen LogP) is 1.85. The molecule has 0 bridgehead atoms. The number of fused-ring (bicyclic) bond motifs is 1. The molecule has 0 aliphatic carbocycles. The van der Waals surface area contributed by atoms with E-state index in [1.807, 2.05) is 0 Å². The number of carbonyl (C=O) groups is 1. The molecule has 1 fully saturated rings. The molecule has 1 amide bonds. The molecule has 2 aromatic heterocycles. The summed E-state index contributed by atoms with van der Waals surface area (Å²) in [6.45, 7) is 1.18. The zero-order valence-corrected chi connectivity index (χ0v) is 13.6. The van der Waals surface area contributed by atoms with Gasteiger partial charge in [-0.25, -0.2) is 4.39 Å². The SMILES string of the molecule is COc1ccc(F)c2[nH]c(C(=O)N3CCC(c4nn[nH]n4)CC3)cc12. The van der Waals surface area contributed by atoms with Crippen LogP contribution in [0.3, 0.4) is 0 Å². The molecule has 0 unspecified atom stereocenters. The fraction of sp³-hybridized carbons (Fsp3) is 0.375. The summed E-state index contributed by atoms with van der Waals surface area (Å²) in [7, 11) is 1.52. The van der Waals surface area contributed by atoms with E-state index < -0.39 is 5.82 Å². The highest BCUT2D eigenvalue weighted by Crippen LogP contribution is 2.30. The van der Waals surface area contributed by atoms with Gasteiger partial charge in [-0.1, -0.05) is 5.21 Å². The van der Waals surface area contributed by atoms with Crippen LogP contribution in [0.25, 0.3) is 10.9 Å². The Kier molecular flexibility index (Phi) is 3.83. The van der Waals surface area contributed by atoms with Crippen LogP contribution in [0.5, 0.6) is 5.75 Å². The van der Waals surface area contributed by atoms with Crippen LogP contribution in [0.2, 0.25) is 0 Å². The number of nitrogens with one attached hydrogen (secondary N) is 2. The molecule has 1 saturated heterocycles. The summed E-state index contributed by atoms with van der Waals surface area (Å²) in [5.41, 5.74) is 0.640. The van der Waals surface area contributed by atoms with Crippen molar-refractivity contribution in [2.75, 3.05) is 20.2 Å². The number of hydrogen-bond donors (Lipinski definition) is 2. The van der Waals surface area contributed by atoms with Crippen molar-refractivity contribution in [2.45, 2.75) is 18.8 Å². The molecule has 0 spiro atoms. The van der Waals surface area contributed by atoms with Gasteiger partial charge in [0.25, 0.3) is 5.91 Å². The zero-order chi connectivity index (χ0) is 17.4. The summed E-state index contributed by atoms with van der Waals surface area (Å²) in [5.74, 6) is 0.852. The molecule has 25 heavy (non-hydrogen) atoms. The van der Waals surface area contributed by atoms with Gasteiger partial charge in [0, 0.05) is 24.4 Å². The summed E-state index contributed by atoms with van der Waals surface area (Å²) in [4.78, 5) is 17.4. The Balaban J connectivity index is 1.54. The average Bonchev–Trinajstić information content (AvgIpc) is 3.32. The molecular weight excluding hydrogens is 327 g/mol. The van der Waals surface area contributed by atoms with Gasteiger partial charge in [0.15, 0.2) is 5.82 Å². The maximum atomic E-state index is 14.0. The summed E-state index contributed by atoms with van der Waals surface area (Å²) in [6, 6.07) is 4.52. The first kappa shape index (κ1) is 15.6. The van der Waals surface area contributed by atoms with Crippen molar-refractivity contribution in [3.05, 3.63) is 35.5 Å². The number of piperidine rings is 1. The van der Waals surface area contributed by atoms with Gasteiger partial charge >= 0.3 is 0 Å². The van der Waals surface area contributed by atoms with E-state index in [4.69, 9.17) is 4.74 Å². The second kappa shape index (κ2) is 6.15. The second-order valence-corrected chi connectivity index (χ2v) is 6.06. The highest BCUT2D eigenvalue weighted by molar-refractivity contribution is 5.99. The first-order valence-corrected chi connectivity index (χ1v) is 8.05. The van der Waals surface area contributed by atoms with Crippen molar-refractivity contribution < 1.29 is 13.9 Å². The molecule has 9 heteroatoms. The lowest BCUT2D eigenvalue weighted by Gasteiger charge is -2.30. The Bertz CT molecular complexity index is 899. The zero-order valence-electron chi connectivity index (χ0n) is 13.6. The highest BCUT2D eigenvalue weighted by Gasteiger charge is 2.28. The fourth-order valence-corrected chi connectivity index (χ4v) is 3.31. The molecule has 0 atom stereocenters. The van der Waals surface area contributed by atoms with Gasteiger partial charge in [-0.2, -0.15) is 5.21 Å². The fourth-order valence-electron chi connectivity index (χ4n) is 3.31. The van der Waals surface area contributed by atoms with E-state index in [-0.39, 0.29) is 17.3 Å². The van der Waals surface area contributed by atoms with Crippen LogP contribution in [0.1, 0.15) is 35.1 Å². The molecule has 0 saturated carbocycles. The lowest BCUT2D eigenvalue weighted by Crippen LogP contribution is -2.38. The number of H-pyrrole nitrogens is 2. The Labute approximate surface area is 142 Å². The van der Waals surface area contributed by atoms with Crippen molar-refractivity contribution in [1.82, 2.24) is 30.5 Å². The summed E-state index contributed by atoms with van der Waals surface area (Å²) in [6.07, 6.45) is 1.53.